The maximum absolute atomic E-state index is 4.43. The zero-order valence-electron chi connectivity index (χ0n) is 11.8. The molecule has 1 N–H and O–H groups in total. The van der Waals surface area contributed by atoms with Gasteiger partial charge in [0.2, 0.25) is 0 Å². The first kappa shape index (κ1) is 12.9. The monoisotopic (exact) mass is 300 g/mol. The maximum atomic E-state index is 4.43. The number of likely N-dealkylation sites (N-methyl/N-ethyl adjacent to an activating group) is 1. The summed E-state index contributed by atoms with van der Waals surface area (Å²) in [5.74, 6) is 0.882. The Bertz CT molecular complexity index is 777. The zero-order chi connectivity index (χ0) is 14.2. The number of thiophene rings is 1. The van der Waals surface area contributed by atoms with Crippen molar-refractivity contribution < 1.29 is 0 Å². The van der Waals surface area contributed by atoms with Crippen molar-refractivity contribution >= 4 is 37.6 Å². The number of aromatic nitrogens is 3. The first-order chi connectivity index (χ1) is 10.3. The molecule has 0 radical (unpaired) electrons. The van der Waals surface area contributed by atoms with Gasteiger partial charge in [0.05, 0.1) is 10.2 Å². The van der Waals surface area contributed by atoms with E-state index < -0.39 is 0 Å². The lowest BCUT2D eigenvalue weighted by molar-refractivity contribution is 0.178. The van der Waals surface area contributed by atoms with E-state index in [9.17, 15) is 0 Å². The number of anilines is 1. The molecule has 1 aliphatic heterocycles. The number of piperazine rings is 1. The van der Waals surface area contributed by atoms with Gasteiger partial charge in [-0.3, -0.25) is 0 Å². The van der Waals surface area contributed by atoms with Crippen molar-refractivity contribution in [1.29, 1.82) is 0 Å². The van der Waals surface area contributed by atoms with Gasteiger partial charge in [0.25, 0.3) is 0 Å². The second-order valence-corrected chi connectivity index (χ2v) is 6.26. The first-order valence-corrected chi connectivity index (χ1v) is 7.81. The van der Waals surface area contributed by atoms with Crippen LogP contribution in [0.15, 0.2) is 24.7 Å². The van der Waals surface area contributed by atoms with Gasteiger partial charge in [0.15, 0.2) is 5.82 Å². The second-order valence-electron chi connectivity index (χ2n) is 5.26. The van der Waals surface area contributed by atoms with E-state index in [4.69, 9.17) is 0 Å². The lowest BCUT2D eigenvalue weighted by Gasteiger charge is -2.32. The van der Waals surface area contributed by atoms with E-state index in [1.54, 1.807) is 17.7 Å². The number of nitrogens with one attached hydrogen (secondary N) is 1. The normalized spacial score (nSPS) is 17.6. The molecule has 7 heteroatoms. The predicted octanol–water partition coefficient (Wildman–Crippen LogP) is 1.81. The molecule has 21 heavy (non-hydrogen) atoms. The quantitative estimate of drug-likeness (QED) is 0.779. The molecule has 3 aromatic heterocycles. The van der Waals surface area contributed by atoms with Gasteiger partial charge in [0.1, 0.15) is 11.2 Å². The summed E-state index contributed by atoms with van der Waals surface area (Å²) in [6.45, 7) is 4.11. The molecule has 0 saturated carbocycles. The Balaban J connectivity index is 1.72. The van der Waals surface area contributed by atoms with Crippen LogP contribution in [0.3, 0.4) is 0 Å². The highest BCUT2D eigenvalue weighted by atomic mass is 32.1. The van der Waals surface area contributed by atoms with Crippen molar-refractivity contribution in [2.24, 2.45) is 0 Å². The van der Waals surface area contributed by atoms with Crippen LogP contribution in [0.5, 0.6) is 0 Å². The van der Waals surface area contributed by atoms with Crippen LogP contribution in [-0.2, 0) is 0 Å². The average Bonchev–Trinajstić information content (AvgIpc) is 2.89. The highest BCUT2D eigenvalue weighted by Gasteiger charge is 2.17. The molecule has 1 fully saturated rings. The van der Waals surface area contributed by atoms with E-state index in [-0.39, 0.29) is 0 Å². The summed E-state index contributed by atoms with van der Waals surface area (Å²) in [7, 11) is 2.15. The molecule has 0 bridgehead atoms. The van der Waals surface area contributed by atoms with Gasteiger partial charge in [-0.15, -0.1) is 11.3 Å². The molecular formula is C14H16N6S. The van der Waals surface area contributed by atoms with E-state index in [0.717, 1.165) is 52.4 Å². The van der Waals surface area contributed by atoms with Crippen LogP contribution in [0, 0.1) is 0 Å². The number of pyridine rings is 1. The molecule has 0 spiro atoms. The number of hydrogen-bond acceptors (Lipinski definition) is 7. The third-order valence-corrected chi connectivity index (χ3v) is 4.91. The summed E-state index contributed by atoms with van der Waals surface area (Å²) in [4.78, 5) is 16.6. The fourth-order valence-corrected chi connectivity index (χ4v) is 3.59. The Morgan fingerprint density at radius 2 is 2.00 bits per heavy atom. The van der Waals surface area contributed by atoms with Gasteiger partial charge >= 0.3 is 0 Å². The Kier molecular flexibility index (Phi) is 3.17. The third-order valence-electron chi connectivity index (χ3n) is 3.80. The van der Waals surface area contributed by atoms with E-state index in [1.165, 1.54) is 0 Å². The molecule has 0 aromatic carbocycles. The summed E-state index contributed by atoms with van der Waals surface area (Å²) in [6.07, 6.45) is 3.44. The van der Waals surface area contributed by atoms with E-state index in [0.29, 0.717) is 0 Å². The van der Waals surface area contributed by atoms with Gasteiger partial charge < -0.3 is 10.3 Å². The lowest BCUT2D eigenvalue weighted by atomic mass is 10.3. The summed E-state index contributed by atoms with van der Waals surface area (Å²) in [6, 6.07) is 4.01. The van der Waals surface area contributed by atoms with Crippen molar-refractivity contribution in [1.82, 2.24) is 24.9 Å². The summed E-state index contributed by atoms with van der Waals surface area (Å²) < 4.78 is 1.07. The summed E-state index contributed by atoms with van der Waals surface area (Å²) >= 11 is 1.64. The van der Waals surface area contributed by atoms with Gasteiger partial charge in [-0.2, -0.15) is 0 Å². The predicted molar refractivity (Wildman–Crippen MR) is 85.4 cm³/mol. The maximum Gasteiger partial charge on any atom is 0.161 e. The molecule has 1 aliphatic rings. The molecule has 1 saturated heterocycles. The summed E-state index contributed by atoms with van der Waals surface area (Å²) in [5, 5.41) is 3.32. The fraction of sp³-hybridized carbons (Fsp3) is 0.357. The molecule has 108 valence electrons. The number of fused-ring (bicyclic) bond motifs is 3. The highest BCUT2D eigenvalue weighted by molar-refractivity contribution is 7.25. The van der Waals surface area contributed by atoms with E-state index in [2.05, 4.69) is 43.4 Å². The highest BCUT2D eigenvalue weighted by Crippen LogP contribution is 2.34. The van der Waals surface area contributed by atoms with Crippen LogP contribution in [-0.4, -0.2) is 58.1 Å². The Labute approximate surface area is 126 Å². The Morgan fingerprint density at radius 1 is 1.14 bits per heavy atom. The molecule has 0 aliphatic carbocycles. The van der Waals surface area contributed by atoms with E-state index in [1.807, 2.05) is 12.3 Å². The van der Waals surface area contributed by atoms with Gasteiger partial charge in [-0.1, -0.05) is 0 Å². The number of hydrazine groups is 1. The van der Waals surface area contributed by atoms with Crippen molar-refractivity contribution in [2.75, 3.05) is 38.7 Å². The molecule has 0 atom stereocenters. The molecule has 0 unspecified atom stereocenters. The second kappa shape index (κ2) is 5.18. The van der Waals surface area contributed by atoms with Gasteiger partial charge in [-0.25, -0.2) is 20.0 Å². The van der Waals surface area contributed by atoms with Crippen LogP contribution in [0.2, 0.25) is 0 Å². The standard InChI is InChI=1S/C14H16N6S/c1-19-5-7-20(8-6-19)18-13-12-11(16-9-17-13)10-3-2-4-15-14(10)21-12/h2-4,9H,5-8H2,1H3,(H,16,17,18). The number of rotatable bonds is 2. The fourth-order valence-electron chi connectivity index (χ4n) is 2.56. The first-order valence-electron chi connectivity index (χ1n) is 6.99. The third kappa shape index (κ3) is 2.33. The minimum Gasteiger partial charge on any atom is -0.304 e. The molecule has 4 rings (SSSR count). The molecule has 3 aromatic rings. The SMILES string of the molecule is CN1CCN(Nc2ncnc3c2sc2ncccc23)CC1. The van der Waals surface area contributed by atoms with Crippen LogP contribution >= 0.6 is 11.3 Å². The number of nitrogens with zero attached hydrogens (tertiary/aromatic N) is 5. The largest absolute Gasteiger partial charge is 0.304 e. The van der Waals surface area contributed by atoms with E-state index >= 15 is 0 Å². The van der Waals surface area contributed by atoms with Crippen LogP contribution in [0.4, 0.5) is 5.82 Å². The van der Waals surface area contributed by atoms with Crippen LogP contribution in [0.1, 0.15) is 0 Å². The summed E-state index contributed by atoms with van der Waals surface area (Å²) in [5.41, 5.74) is 4.42. The minimum atomic E-state index is 0.882. The van der Waals surface area contributed by atoms with Crippen LogP contribution < -0.4 is 5.43 Å². The van der Waals surface area contributed by atoms with Crippen molar-refractivity contribution in [3.8, 4) is 0 Å². The smallest absolute Gasteiger partial charge is 0.161 e. The Hall–Kier alpha value is -1.83. The zero-order valence-corrected chi connectivity index (χ0v) is 12.6. The number of hydrogen-bond donors (Lipinski definition) is 1. The molecule has 4 heterocycles. The molecule has 0 amide bonds. The average molecular weight is 300 g/mol. The minimum absolute atomic E-state index is 0.882. The molecular weight excluding hydrogens is 284 g/mol. The van der Waals surface area contributed by atoms with Gasteiger partial charge in [-0.05, 0) is 19.2 Å². The van der Waals surface area contributed by atoms with Gasteiger partial charge in [0, 0.05) is 37.8 Å². The lowest BCUT2D eigenvalue weighted by Crippen LogP contribution is -2.47. The Morgan fingerprint density at radius 3 is 2.86 bits per heavy atom. The van der Waals surface area contributed by atoms with Crippen LogP contribution in [0.25, 0.3) is 20.4 Å². The van der Waals surface area contributed by atoms with Crippen molar-refractivity contribution in [2.45, 2.75) is 0 Å². The van der Waals surface area contributed by atoms with Crippen molar-refractivity contribution in [3.05, 3.63) is 24.7 Å². The molecule has 6 nitrogen and oxygen atoms in total. The van der Waals surface area contributed by atoms with Crippen molar-refractivity contribution in [3.63, 3.8) is 0 Å². The topological polar surface area (TPSA) is 57.2 Å².